The molecule has 2 unspecified atom stereocenters. The molecule has 2 heterocycles. The van der Waals surface area contributed by atoms with Crippen molar-refractivity contribution in [1.82, 2.24) is 5.01 Å². The number of hydrazone groups is 1. The van der Waals surface area contributed by atoms with Crippen LogP contribution < -0.4 is 0 Å². The highest BCUT2D eigenvalue weighted by atomic mass is 32.2. The van der Waals surface area contributed by atoms with Crippen molar-refractivity contribution < 1.29 is 0 Å². The number of hydrogen-bond donors (Lipinski definition) is 0. The van der Waals surface area contributed by atoms with Gasteiger partial charge in [-0.2, -0.15) is 5.10 Å². The highest BCUT2D eigenvalue weighted by Gasteiger charge is 2.62. The molecule has 0 amide bonds. The van der Waals surface area contributed by atoms with Gasteiger partial charge in [0.15, 0.2) is 0 Å². The molecule has 0 aromatic heterocycles. The van der Waals surface area contributed by atoms with Crippen molar-refractivity contribution in [1.29, 1.82) is 0 Å². The van der Waals surface area contributed by atoms with E-state index in [2.05, 4.69) is 57.1 Å². The number of thioether (sulfide) groups is 1. The van der Waals surface area contributed by atoms with E-state index in [1.54, 1.807) is 16.7 Å². The largest absolute Gasteiger partial charge is 0.288 e. The second kappa shape index (κ2) is 4.13. The van der Waals surface area contributed by atoms with Crippen LogP contribution in [0, 0.1) is 0 Å². The molecule has 1 saturated carbocycles. The van der Waals surface area contributed by atoms with E-state index in [4.69, 9.17) is 5.10 Å². The van der Waals surface area contributed by atoms with Crippen molar-refractivity contribution in [2.75, 3.05) is 7.05 Å². The molecule has 2 aliphatic heterocycles. The molecule has 1 fully saturated rings. The average Bonchev–Trinajstić information content (AvgIpc) is 3.14. The molecular weight excluding hydrogens is 300 g/mol. The quantitative estimate of drug-likeness (QED) is 0.676. The summed E-state index contributed by atoms with van der Waals surface area (Å²) in [7, 11) is 2.16. The first-order valence-electron chi connectivity index (χ1n) is 8.54. The first-order chi connectivity index (χ1) is 11.0. The van der Waals surface area contributed by atoms with Crippen LogP contribution in [0.25, 0.3) is 5.57 Å². The molecule has 2 atom stereocenters. The third-order valence-corrected chi connectivity index (χ3v) is 8.08. The third-order valence-electron chi connectivity index (χ3n) is 6.49. The fourth-order valence-electron chi connectivity index (χ4n) is 5.33. The zero-order valence-electron chi connectivity index (χ0n) is 14.2. The lowest BCUT2D eigenvalue weighted by Gasteiger charge is -2.50. The summed E-state index contributed by atoms with van der Waals surface area (Å²) in [4.78, 5) is 1.43. The first kappa shape index (κ1) is 13.9. The molecular formula is C20H22N2S. The zero-order valence-corrected chi connectivity index (χ0v) is 15.0. The summed E-state index contributed by atoms with van der Waals surface area (Å²) in [6.07, 6.45) is 3.73. The smallest absolute Gasteiger partial charge is 0.100 e. The lowest BCUT2D eigenvalue weighted by atomic mass is 9.65. The Morgan fingerprint density at radius 3 is 2.57 bits per heavy atom. The van der Waals surface area contributed by atoms with E-state index in [1.165, 1.54) is 41.0 Å². The lowest BCUT2D eigenvalue weighted by Crippen LogP contribution is -2.57. The second-order valence-electron chi connectivity index (χ2n) is 7.47. The summed E-state index contributed by atoms with van der Waals surface area (Å²) in [5.41, 5.74) is 8.96. The minimum absolute atomic E-state index is 0.0329. The predicted molar refractivity (Wildman–Crippen MR) is 97.8 cm³/mol. The molecule has 0 saturated heterocycles. The van der Waals surface area contributed by atoms with Crippen LogP contribution in [-0.2, 0) is 0 Å². The van der Waals surface area contributed by atoms with E-state index in [0.717, 1.165) is 0 Å². The van der Waals surface area contributed by atoms with Gasteiger partial charge in [0, 0.05) is 17.5 Å². The van der Waals surface area contributed by atoms with Crippen molar-refractivity contribution in [2.24, 2.45) is 5.10 Å². The van der Waals surface area contributed by atoms with Crippen LogP contribution in [0.15, 0.2) is 51.0 Å². The normalized spacial score (nSPS) is 34.4. The summed E-state index contributed by atoms with van der Waals surface area (Å²) < 4.78 is 0.0329. The van der Waals surface area contributed by atoms with Gasteiger partial charge in [-0.25, -0.2) is 0 Å². The molecule has 0 bridgehead atoms. The molecule has 3 heteroatoms. The lowest BCUT2D eigenvalue weighted by molar-refractivity contribution is 0.180. The Hall–Kier alpha value is -1.48. The fraction of sp³-hybridized carbons (Fsp3) is 0.450. The predicted octanol–water partition coefficient (Wildman–Crippen LogP) is 4.88. The van der Waals surface area contributed by atoms with Gasteiger partial charge in [-0.05, 0) is 68.4 Å². The molecule has 0 N–H and O–H groups in total. The van der Waals surface area contributed by atoms with Crippen LogP contribution in [0.2, 0.25) is 0 Å². The maximum Gasteiger partial charge on any atom is 0.100 e. The Labute approximate surface area is 142 Å². The Balaban J connectivity index is 1.90. The van der Waals surface area contributed by atoms with Gasteiger partial charge in [-0.15, -0.1) is 11.8 Å². The van der Waals surface area contributed by atoms with Crippen molar-refractivity contribution in [2.45, 2.75) is 55.2 Å². The van der Waals surface area contributed by atoms with Crippen molar-refractivity contribution in [3.63, 3.8) is 0 Å². The number of fused-ring (bicyclic) bond motifs is 6. The Kier molecular flexibility index (Phi) is 2.50. The van der Waals surface area contributed by atoms with Gasteiger partial charge in [0.1, 0.15) is 5.54 Å². The molecule has 1 aromatic rings. The maximum absolute atomic E-state index is 4.89. The molecule has 23 heavy (non-hydrogen) atoms. The number of nitrogens with zero attached hydrogens (tertiary/aromatic N) is 2. The SMILES string of the molecule is CC1=NN(C)C2(C)C1=C1CCCC1=C1c3ccccc3SC12C. The second-order valence-corrected chi connectivity index (χ2v) is 8.93. The number of likely N-dealkylation sites (N-methyl/N-ethyl adjacent to an activating group) is 1. The minimum Gasteiger partial charge on any atom is -0.288 e. The average molecular weight is 322 g/mol. The van der Waals surface area contributed by atoms with Gasteiger partial charge in [0.25, 0.3) is 0 Å². The number of benzene rings is 1. The van der Waals surface area contributed by atoms with Crippen LogP contribution in [0.1, 0.15) is 45.6 Å². The van der Waals surface area contributed by atoms with Crippen molar-refractivity contribution in [3.05, 3.63) is 46.5 Å². The summed E-state index contributed by atoms with van der Waals surface area (Å²) in [6, 6.07) is 8.97. The summed E-state index contributed by atoms with van der Waals surface area (Å²) >= 11 is 2.05. The first-order valence-corrected chi connectivity index (χ1v) is 9.35. The summed E-state index contributed by atoms with van der Waals surface area (Å²) in [5.74, 6) is 0. The number of hydrogen-bond acceptors (Lipinski definition) is 3. The van der Waals surface area contributed by atoms with E-state index >= 15 is 0 Å². The van der Waals surface area contributed by atoms with E-state index in [1.807, 2.05) is 11.8 Å². The van der Waals surface area contributed by atoms with Crippen LogP contribution in [0.5, 0.6) is 0 Å². The Morgan fingerprint density at radius 1 is 1.09 bits per heavy atom. The van der Waals surface area contributed by atoms with E-state index in [9.17, 15) is 0 Å². The monoisotopic (exact) mass is 322 g/mol. The number of allylic oxidation sites excluding steroid dienone is 2. The van der Waals surface area contributed by atoms with E-state index in [0.29, 0.717) is 0 Å². The van der Waals surface area contributed by atoms with E-state index in [-0.39, 0.29) is 10.3 Å². The van der Waals surface area contributed by atoms with Gasteiger partial charge in [-0.1, -0.05) is 18.2 Å². The highest BCUT2D eigenvalue weighted by Crippen LogP contribution is 2.67. The van der Waals surface area contributed by atoms with E-state index < -0.39 is 0 Å². The zero-order chi connectivity index (χ0) is 16.0. The summed E-state index contributed by atoms with van der Waals surface area (Å²) in [6.45, 7) is 7.05. The molecule has 5 rings (SSSR count). The van der Waals surface area contributed by atoms with Gasteiger partial charge >= 0.3 is 0 Å². The standard InChI is InChI=1S/C20H22N2S/c1-12-17-13-9-7-10-14(13)18-15-8-5-6-11-16(15)23-20(18,3)19(17,2)22(4)21-12/h5-6,8,11H,7,9-10H2,1-4H3. The highest BCUT2D eigenvalue weighted by molar-refractivity contribution is 8.01. The van der Waals surface area contributed by atoms with Crippen molar-refractivity contribution in [3.8, 4) is 0 Å². The maximum atomic E-state index is 4.89. The Bertz CT molecular complexity index is 847. The van der Waals surface area contributed by atoms with Gasteiger partial charge in [0.05, 0.1) is 10.5 Å². The molecule has 0 radical (unpaired) electrons. The third kappa shape index (κ3) is 1.38. The number of rotatable bonds is 0. The summed E-state index contributed by atoms with van der Waals surface area (Å²) in [5, 5.41) is 7.12. The van der Waals surface area contributed by atoms with Crippen LogP contribution in [0.3, 0.4) is 0 Å². The topological polar surface area (TPSA) is 15.6 Å². The van der Waals surface area contributed by atoms with Gasteiger partial charge in [-0.3, -0.25) is 5.01 Å². The van der Waals surface area contributed by atoms with Crippen molar-refractivity contribution >= 4 is 23.0 Å². The molecule has 2 nitrogen and oxygen atoms in total. The van der Waals surface area contributed by atoms with Crippen LogP contribution >= 0.6 is 11.8 Å². The molecule has 4 aliphatic rings. The molecule has 1 aromatic carbocycles. The fourth-order valence-corrected chi connectivity index (χ4v) is 6.96. The molecule has 118 valence electrons. The molecule has 2 aliphatic carbocycles. The molecule has 0 spiro atoms. The Morgan fingerprint density at radius 2 is 1.78 bits per heavy atom. The van der Waals surface area contributed by atoms with Gasteiger partial charge < -0.3 is 0 Å². The van der Waals surface area contributed by atoms with Crippen LogP contribution in [0.4, 0.5) is 0 Å². The van der Waals surface area contributed by atoms with Crippen LogP contribution in [-0.4, -0.2) is 28.1 Å². The minimum atomic E-state index is -0.0563. The van der Waals surface area contributed by atoms with Gasteiger partial charge in [0.2, 0.25) is 0 Å².